The van der Waals surface area contributed by atoms with Gasteiger partial charge < -0.3 is 24.6 Å². The van der Waals surface area contributed by atoms with Crippen LogP contribution in [0.1, 0.15) is 48.1 Å². The molecule has 2 aliphatic heterocycles. The summed E-state index contributed by atoms with van der Waals surface area (Å²) in [5, 5.41) is 13.6. The van der Waals surface area contributed by atoms with Gasteiger partial charge in [0.1, 0.15) is 18.2 Å². The maximum absolute atomic E-state index is 14.2. The summed E-state index contributed by atoms with van der Waals surface area (Å²) in [4.78, 5) is 28.4. The van der Waals surface area contributed by atoms with Gasteiger partial charge in [0.15, 0.2) is 21.3 Å². The van der Waals surface area contributed by atoms with Crippen molar-refractivity contribution in [3.63, 3.8) is 0 Å². The van der Waals surface area contributed by atoms with Gasteiger partial charge in [-0.3, -0.25) is 14.5 Å². The SMILES string of the molecule is CCc1cc(F)cc(CC)c1NC(=O)CN1C[C@H](c2ccc3c(c2)OCO3)C(C(=O)O)[C@@H]1c1ccc(OCCS(C)(=O)=O)cc1. The lowest BCUT2D eigenvalue weighted by molar-refractivity contribution is -0.143. The van der Waals surface area contributed by atoms with E-state index in [4.69, 9.17) is 14.2 Å². The molecule has 0 spiro atoms. The van der Waals surface area contributed by atoms with E-state index in [1.165, 1.54) is 12.1 Å². The van der Waals surface area contributed by atoms with Gasteiger partial charge in [0.05, 0.1) is 18.2 Å². The lowest BCUT2D eigenvalue weighted by Crippen LogP contribution is -2.35. The molecule has 0 aromatic heterocycles. The molecule has 1 amide bonds. The molecule has 3 atom stereocenters. The molecule has 12 heteroatoms. The van der Waals surface area contributed by atoms with Gasteiger partial charge in [-0.05, 0) is 71.5 Å². The van der Waals surface area contributed by atoms with E-state index >= 15 is 0 Å². The van der Waals surface area contributed by atoms with Crippen molar-refractivity contribution in [2.24, 2.45) is 5.92 Å². The summed E-state index contributed by atoms with van der Waals surface area (Å²) in [5.41, 5.74) is 3.37. The second-order valence-electron chi connectivity index (χ2n) is 11.4. The van der Waals surface area contributed by atoms with E-state index in [1.54, 1.807) is 36.4 Å². The number of hydrogen-bond donors (Lipinski definition) is 2. The number of ether oxygens (including phenoxy) is 3. The molecule has 2 N–H and O–H groups in total. The third kappa shape index (κ3) is 7.39. The zero-order valence-corrected chi connectivity index (χ0v) is 26.2. The van der Waals surface area contributed by atoms with Gasteiger partial charge in [-0.25, -0.2) is 12.8 Å². The van der Waals surface area contributed by atoms with Gasteiger partial charge in [-0.1, -0.05) is 32.0 Å². The maximum Gasteiger partial charge on any atom is 0.309 e. The van der Waals surface area contributed by atoms with Crippen LogP contribution in [0.4, 0.5) is 10.1 Å². The third-order valence-corrected chi connectivity index (χ3v) is 9.20. The molecule has 1 unspecified atom stereocenters. The van der Waals surface area contributed by atoms with Crippen molar-refractivity contribution < 1.29 is 41.7 Å². The van der Waals surface area contributed by atoms with Gasteiger partial charge in [0.2, 0.25) is 12.7 Å². The van der Waals surface area contributed by atoms with Crippen LogP contribution in [-0.4, -0.2) is 68.8 Å². The van der Waals surface area contributed by atoms with E-state index < -0.39 is 33.7 Å². The predicted molar refractivity (Wildman–Crippen MR) is 166 cm³/mol. The van der Waals surface area contributed by atoms with Crippen molar-refractivity contribution in [3.05, 3.63) is 82.7 Å². The topological polar surface area (TPSA) is 131 Å². The zero-order valence-electron chi connectivity index (χ0n) is 25.4. The highest BCUT2D eigenvalue weighted by atomic mass is 32.2. The van der Waals surface area contributed by atoms with Crippen LogP contribution < -0.4 is 19.5 Å². The third-order valence-electron chi connectivity index (χ3n) is 8.29. The van der Waals surface area contributed by atoms with Crippen LogP contribution in [0.2, 0.25) is 0 Å². The quantitative estimate of drug-likeness (QED) is 0.292. The van der Waals surface area contributed by atoms with Crippen molar-refractivity contribution >= 4 is 27.4 Å². The van der Waals surface area contributed by atoms with E-state index in [9.17, 15) is 27.5 Å². The van der Waals surface area contributed by atoms with Crippen LogP contribution >= 0.6 is 0 Å². The number of likely N-dealkylation sites (tertiary alicyclic amines) is 1. The van der Waals surface area contributed by atoms with Gasteiger partial charge >= 0.3 is 5.97 Å². The first-order valence-electron chi connectivity index (χ1n) is 14.9. The Labute approximate surface area is 262 Å². The second kappa shape index (κ2) is 13.5. The highest BCUT2D eigenvalue weighted by molar-refractivity contribution is 7.90. The summed E-state index contributed by atoms with van der Waals surface area (Å²) in [6.07, 6.45) is 2.19. The number of anilines is 1. The number of nitrogens with one attached hydrogen (secondary N) is 1. The minimum absolute atomic E-state index is 0.0132. The molecule has 45 heavy (non-hydrogen) atoms. The molecule has 0 saturated carbocycles. The number of amides is 1. The Hall–Kier alpha value is -4.16. The fourth-order valence-electron chi connectivity index (χ4n) is 6.15. The molecule has 3 aromatic rings. The standard InChI is InChI=1S/C33H37FN2O8S/c1-4-20-14-24(34)15-21(5-2)31(20)35-29(37)18-36-17-26(23-8-11-27-28(16-23)44-19-43-27)30(33(38)39)32(36)22-6-9-25(10-7-22)42-12-13-45(3,40)41/h6-11,14-16,26,30,32H,4-5,12-13,17-19H2,1-3H3,(H,35,37)(H,38,39)/t26-,30?,32+/m1/s1. The normalized spacial score (nSPS) is 19.4. The van der Waals surface area contributed by atoms with E-state index in [0.29, 0.717) is 52.5 Å². The smallest absolute Gasteiger partial charge is 0.309 e. The van der Waals surface area contributed by atoms with Crippen LogP contribution in [0, 0.1) is 11.7 Å². The fraction of sp³-hybridized carbons (Fsp3) is 0.394. The summed E-state index contributed by atoms with van der Waals surface area (Å²) < 4.78 is 53.8. The largest absolute Gasteiger partial charge is 0.493 e. The van der Waals surface area contributed by atoms with Crippen LogP contribution in [0.15, 0.2) is 54.6 Å². The highest BCUT2D eigenvalue weighted by Crippen LogP contribution is 2.47. The Balaban J connectivity index is 1.45. The van der Waals surface area contributed by atoms with Gasteiger partial charge in [0.25, 0.3) is 0 Å². The number of rotatable bonds is 12. The predicted octanol–water partition coefficient (Wildman–Crippen LogP) is 4.58. The molecule has 5 rings (SSSR count). The summed E-state index contributed by atoms with van der Waals surface area (Å²) in [6, 6.07) is 14.4. The number of hydrogen-bond acceptors (Lipinski definition) is 8. The average molecular weight is 641 g/mol. The molecule has 2 heterocycles. The molecule has 0 aliphatic carbocycles. The number of carboxylic acid groups (broad SMARTS) is 1. The Morgan fingerprint density at radius 3 is 2.27 bits per heavy atom. The highest BCUT2D eigenvalue weighted by Gasteiger charge is 2.48. The first kappa shape index (κ1) is 32.2. The lowest BCUT2D eigenvalue weighted by atomic mass is 9.82. The second-order valence-corrected chi connectivity index (χ2v) is 13.6. The number of benzene rings is 3. The van der Waals surface area contributed by atoms with E-state index in [2.05, 4.69) is 5.32 Å². The lowest BCUT2D eigenvalue weighted by Gasteiger charge is -2.27. The van der Waals surface area contributed by atoms with Crippen LogP contribution in [0.25, 0.3) is 0 Å². The Morgan fingerprint density at radius 1 is 1.00 bits per heavy atom. The fourth-order valence-corrected chi connectivity index (χ4v) is 6.54. The first-order chi connectivity index (χ1) is 21.5. The number of aryl methyl sites for hydroxylation is 2. The Kier molecular flexibility index (Phi) is 9.64. The zero-order chi connectivity index (χ0) is 32.3. The van der Waals surface area contributed by atoms with Crippen molar-refractivity contribution in [2.45, 2.75) is 38.6 Å². The van der Waals surface area contributed by atoms with Crippen molar-refractivity contribution in [2.75, 3.05) is 43.8 Å². The van der Waals surface area contributed by atoms with E-state index in [0.717, 1.165) is 11.8 Å². The Bertz CT molecular complexity index is 1650. The van der Waals surface area contributed by atoms with Gasteiger partial charge in [-0.2, -0.15) is 0 Å². The van der Waals surface area contributed by atoms with Crippen molar-refractivity contribution in [1.82, 2.24) is 4.90 Å². The summed E-state index contributed by atoms with van der Waals surface area (Å²) in [6.45, 7) is 4.02. The number of carbonyl (C=O) groups excluding carboxylic acids is 1. The van der Waals surface area contributed by atoms with Gasteiger partial charge in [-0.15, -0.1) is 0 Å². The molecule has 0 radical (unpaired) electrons. The van der Waals surface area contributed by atoms with Crippen LogP contribution in [-0.2, 0) is 32.3 Å². The monoisotopic (exact) mass is 640 g/mol. The number of nitrogens with zero attached hydrogens (tertiary/aromatic N) is 1. The number of fused-ring (bicyclic) bond motifs is 1. The molecule has 1 fully saturated rings. The molecule has 0 bridgehead atoms. The molecular weight excluding hydrogens is 603 g/mol. The molecule has 240 valence electrons. The van der Waals surface area contributed by atoms with Crippen LogP contribution in [0.3, 0.4) is 0 Å². The molecule has 2 aliphatic rings. The number of carbonyl (C=O) groups is 2. The molecular formula is C33H37FN2O8S. The number of aliphatic carboxylic acids is 1. The van der Waals surface area contributed by atoms with Crippen LogP contribution in [0.5, 0.6) is 17.2 Å². The van der Waals surface area contributed by atoms with Crippen molar-refractivity contribution in [1.29, 1.82) is 0 Å². The Morgan fingerprint density at radius 2 is 1.64 bits per heavy atom. The molecule has 1 saturated heterocycles. The first-order valence-corrected chi connectivity index (χ1v) is 16.9. The van der Waals surface area contributed by atoms with E-state index in [-0.39, 0.29) is 44.0 Å². The number of sulfone groups is 1. The minimum Gasteiger partial charge on any atom is -0.493 e. The summed E-state index contributed by atoms with van der Waals surface area (Å²) in [7, 11) is -3.19. The minimum atomic E-state index is -3.19. The molecule has 3 aromatic carbocycles. The maximum atomic E-state index is 14.2. The van der Waals surface area contributed by atoms with Crippen molar-refractivity contribution in [3.8, 4) is 17.2 Å². The average Bonchev–Trinajstić information content (AvgIpc) is 3.62. The molecule has 10 nitrogen and oxygen atoms in total. The summed E-state index contributed by atoms with van der Waals surface area (Å²) in [5.74, 6) is -1.68. The number of halogens is 1. The van der Waals surface area contributed by atoms with Gasteiger partial charge in [0, 0.05) is 30.4 Å². The number of carboxylic acids is 1. The summed E-state index contributed by atoms with van der Waals surface area (Å²) >= 11 is 0. The van der Waals surface area contributed by atoms with E-state index in [1.807, 2.05) is 24.8 Å².